The maximum absolute atomic E-state index is 10.6. The van der Waals surface area contributed by atoms with Crippen molar-refractivity contribution in [3.05, 3.63) is 11.8 Å². The van der Waals surface area contributed by atoms with Crippen molar-refractivity contribution in [3.8, 4) is 0 Å². The molecule has 1 rings (SSSR count). The Morgan fingerprint density at radius 3 is 2.92 bits per heavy atom. The normalized spacial score (nSPS) is 15.6. The highest BCUT2D eigenvalue weighted by Gasteiger charge is 2.08. The minimum Gasteiger partial charge on any atom is -0.437 e. The number of hydrogen-bond acceptors (Lipinski definition) is 4. The van der Waals surface area contributed by atoms with Gasteiger partial charge in [-0.3, -0.25) is 0 Å². The molecule has 70 valence electrons. The molecule has 0 aromatic rings. The van der Waals surface area contributed by atoms with E-state index in [0.29, 0.717) is 12.3 Å². The Bertz CT molecular complexity index is 181. The fourth-order valence-corrected chi connectivity index (χ4v) is 0.845. The molecule has 0 saturated carbocycles. The van der Waals surface area contributed by atoms with E-state index in [0.717, 1.165) is 13.0 Å². The van der Waals surface area contributed by atoms with Crippen molar-refractivity contribution in [2.45, 2.75) is 6.42 Å². The molecule has 5 heteroatoms. The lowest BCUT2D eigenvalue weighted by atomic mass is 10.3. The molecule has 0 bridgehead atoms. The Balaban J connectivity index is 0.00000121. The summed E-state index contributed by atoms with van der Waals surface area (Å²) in [5, 5.41) is 3.06. The second kappa shape index (κ2) is 6.02. The van der Waals surface area contributed by atoms with Gasteiger partial charge in [0.2, 0.25) is 0 Å². The molecule has 0 atom stereocenters. The predicted molar refractivity (Wildman–Crippen MR) is 49.4 cm³/mol. The van der Waals surface area contributed by atoms with Crippen molar-refractivity contribution in [1.82, 2.24) is 5.32 Å². The van der Waals surface area contributed by atoms with Crippen LogP contribution in [0.4, 0.5) is 4.79 Å². The number of methoxy groups -OCH3 is 1. The van der Waals surface area contributed by atoms with E-state index in [4.69, 9.17) is 4.74 Å². The highest BCUT2D eigenvalue weighted by Crippen LogP contribution is 2.03. The van der Waals surface area contributed by atoms with E-state index in [-0.39, 0.29) is 17.0 Å². The standard InChI is InChI=1S/C7H11NO3.BrH/c1-10-7(9)11-6-3-2-4-8-5-6;/h3,8H,2,4-5H2,1H3;1H. The smallest absolute Gasteiger partial charge is 0.437 e. The van der Waals surface area contributed by atoms with Crippen molar-refractivity contribution in [3.63, 3.8) is 0 Å². The molecule has 1 N–H and O–H groups in total. The van der Waals surface area contributed by atoms with Gasteiger partial charge in [-0.1, -0.05) is 0 Å². The van der Waals surface area contributed by atoms with Crippen LogP contribution in [-0.4, -0.2) is 26.4 Å². The van der Waals surface area contributed by atoms with Gasteiger partial charge in [-0.2, -0.15) is 0 Å². The Hall–Kier alpha value is -0.550. The van der Waals surface area contributed by atoms with Gasteiger partial charge in [0.05, 0.1) is 13.7 Å². The molecule has 0 saturated heterocycles. The lowest BCUT2D eigenvalue weighted by Crippen LogP contribution is -2.24. The first-order valence-electron chi connectivity index (χ1n) is 3.48. The number of carbonyl (C=O) groups excluding carboxylic acids is 1. The Morgan fingerprint density at radius 1 is 1.67 bits per heavy atom. The fraction of sp³-hybridized carbons (Fsp3) is 0.571. The van der Waals surface area contributed by atoms with Gasteiger partial charge < -0.3 is 14.8 Å². The molecule has 0 unspecified atom stereocenters. The Labute approximate surface area is 81.7 Å². The molecule has 1 heterocycles. The van der Waals surface area contributed by atoms with Crippen molar-refractivity contribution < 1.29 is 14.3 Å². The van der Waals surface area contributed by atoms with Crippen molar-refractivity contribution >= 4 is 23.1 Å². The quantitative estimate of drug-likeness (QED) is 0.698. The van der Waals surface area contributed by atoms with Crippen LogP contribution in [0.15, 0.2) is 11.8 Å². The molecule has 0 aliphatic carbocycles. The van der Waals surface area contributed by atoms with Gasteiger partial charge >= 0.3 is 6.16 Å². The number of ether oxygens (including phenoxy) is 2. The molecule has 0 amide bonds. The average molecular weight is 238 g/mol. The molecular formula is C7H12BrNO3. The van der Waals surface area contributed by atoms with Crippen LogP contribution >= 0.6 is 17.0 Å². The van der Waals surface area contributed by atoms with E-state index in [1.165, 1.54) is 7.11 Å². The highest BCUT2D eigenvalue weighted by atomic mass is 79.9. The summed E-state index contributed by atoms with van der Waals surface area (Å²) in [6, 6.07) is 0. The van der Waals surface area contributed by atoms with Gasteiger partial charge in [0.1, 0.15) is 5.76 Å². The number of rotatable bonds is 1. The summed E-state index contributed by atoms with van der Waals surface area (Å²) in [5.74, 6) is 0.642. The van der Waals surface area contributed by atoms with E-state index in [2.05, 4.69) is 10.1 Å². The van der Waals surface area contributed by atoms with Crippen molar-refractivity contribution in [1.29, 1.82) is 0 Å². The molecule has 0 fully saturated rings. The number of halogens is 1. The van der Waals surface area contributed by atoms with Gasteiger partial charge in [-0.05, 0) is 19.0 Å². The lowest BCUT2D eigenvalue weighted by molar-refractivity contribution is 0.0946. The Morgan fingerprint density at radius 2 is 2.42 bits per heavy atom. The van der Waals surface area contributed by atoms with Crippen LogP contribution in [0.5, 0.6) is 0 Å². The van der Waals surface area contributed by atoms with Crippen LogP contribution in [0.1, 0.15) is 6.42 Å². The van der Waals surface area contributed by atoms with E-state index in [1.54, 1.807) is 0 Å². The van der Waals surface area contributed by atoms with Crippen LogP contribution in [-0.2, 0) is 9.47 Å². The Kier molecular flexibility index (Phi) is 5.74. The van der Waals surface area contributed by atoms with Crippen LogP contribution in [0.2, 0.25) is 0 Å². The lowest BCUT2D eigenvalue weighted by Gasteiger charge is -2.12. The summed E-state index contributed by atoms with van der Waals surface area (Å²) in [6.07, 6.45) is 2.12. The highest BCUT2D eigenvalue weighted by molar-refractivity contribution is 8.93. The molecular weight excluding hydrogens is 226 g/mol. The molecule has 0 spiro atoms. The van der Waals surface area contributed by atoms with Gasteiger partial charge in [0.25, 0.3) is 0 Å². The van der Waals surface area contributed by atoms with E-state index in [9.17, 15) is 4.79 Å². The summed E-state index contributed by atoms with van der Waals surface area (Å²) >= 11 is 0. The first-order valence-corrected chi connectivity index (χ1v) is 3.48. The van der Waals surface area contributed by atoms with Crippen LogP contribution < -0.4 is 5.32 Å². The average Bonchev–Trinajstić information content (AvgIpc) is 2.06. The number of nitrogens with one attached hydrogen (secondary N) is 1. The zero-order valence-electron chi connectivity index (χ0n) is 6.83. The van der Waals surface area contributed by atoms with Crippen molar-refractivity contribution in [2.24, 2.45) is 0 Å². The van der Waals surface area contributed by atoms with Crippen LogP contribution in [0.25, 0.3) is 0 Å². The monoisotopic (exact) mass is 237 g/mol. The summed E-state index contributed by atoms with van der Waals surface area (Å²) in [7, 11) is 1.29. The predicted octanol–water partition coefficient (Wildman–Crippen LogP) is 1.22. The third-order valence-electron chi connectivity index (χ3n) is 1.37. The van der Waals surface area contributed by atoms with Gasteiger partial charge in [0.15, 0.2) is 0 Å². The maximum atomic E-state index is 10.6. The van der Waals surface area contributed by atoms with Gasteiger partial charge in [-0.25, -0.2) is 4.79 Å². The van der Waals surface area contributed by atoms with E-state index in [1.807, 2.05) is 6.08 Å². The van der Waals surface area contributed by atoms with Crippen LogP contribution in [0, 0.1) is 0 Å². The first kappa shape index (κ1) is 11.4. The minimum atomic E-state index is -0.653. The summed E-state index contributed by atoms with van der Waals surface area (Å²) in [6.45, 7) is 1.54. The molecule has 0 radical (unpaired) electrons. The summed E-state index contributed by atoms with van der Waals surface area (Å²) in [5.41, 5.74) is 0. The molecule has 1 aliphatic heterocycles. The van der Waals surface area contributed by atoms with Crippen LogP contribution in [0.3, 0.4) is 0 Å². The minimum absolute atomic E-state index is 0. The zero-order valence-corrected chi connectivity index (χ0v) is 8.54. The van der Waals surface area contributed by atoms with Crippen molar-refractivity contribution in [2.75, 3.05) is 20.2 Å². The fourth-order valence-electron chi connectivity index (χ4n) is 0.845. The third-order valence-corrected chi connectivity index (χ3v) is 1.37. The molecule has 4 nitrogen and oxygen atoms in total. The molecule has 0 aromatic carbocycles. The topological polar surface area (TPSA) is 47.6 Å². The molecule has 12 heavy (non-hydrogen) atoms. The largest absolute Gasteiger partial charge is 0.513 e. The number of hydrogen-bond donors (Lipinski definition) is 1. The van der Waals surface area contributed by atoms with Gasteiger partial charge in [0, 0.05) is 0 Å². The summed E-state index contributed by atoms with van der Waals surface area (Å²) < 4.78 is 9.10. The molecule has 1 aliphatic rings. The third kappa shape index (κ3) is 3.73. The van der Waals surface area contributed by atoms with E-state index >= 15 is 0 Å². The zero-order chi connectivity index (χ0) is 8.10. The number of carbonyl (C=O) groups is 1. The van der Waals surface area contributed by atoms with Gasteiger partial charge in [-0.15, -0.1) is 17.0 Å². The maximum Gasteiger partial charge on any atom is 0.513 e. The molecule has 0 aromatic heterocycles. The first-order chi connectivity index (χ1) is 5.33. The second-order valence-corrected chi connectivity index (χ2v) is 2.19. The van der Waals surface area contributed by atoms with E-state index < -0.39 is 6.16 Å². The summed E-state index contributed by atoms with van der Waals surface area (Å²) in [4.78, 5) is 10.6. The SMILES string of the molecule is Br.COC(=O)OC1=CCCNC1. The second-order valence-electron chi connectivity index (χ2n) is 2.19.